The third kappa shape index (κ3) is 4.21. The van der Waals surface area contributed by atoms with Gasteiger partial charge in [0.2, 0.25) is 0 Å². The summed E-state index contributed by atoms with van der Waals surface area (Å²) in [5.74, 6) is 0.899. The van der Waals surface area contributed by atoms with Crippen LogP contribution in [0.3, 0.4) is 0 Å². The molecule has 0 saturated carbocycles. The molecule has 1 fully saturated rings. The highest BCUT2D eigenvalue weighted by molar-refractivity contribution is 5.94. The summed E-state index contributed by atoms with van der Waals surface area (Å²) in [4.78, 5) is 14.8. The van der Waals surface area contributed by atoms with Gasteiger partial charge in [-0.15, -0.1) is 0 Å². The molecular formula is C17H26N2O2. The number of nitrogens with zero attached hydrogens (tertiary/aromatic N) is 1. The molecule has 4 nitrogen and oxygen atoms in total. The summed E-state index contributed by atoms with van der Waals surface area (Å²) in [6.07, 6.45) is 3.03. The molecule has 1 aliphatic heterocycles. The molecular weight excluding hydrogens is 264 g/mol. The second kappa shape index (κ2) is 8.03. The van der Waals surface area contributed by atoms with Gasteiger partial charge in [-0.3, -0.25) is 4.79 Å². The Morgan fingerprint density at radius 2 is 2.10 bits per heavy atom. The Bertz CT molecular complexity index is 456. The average molecular weight is 290 g/mol. The predicted molar refractivity (Wildman–Crippen MR) is 84.8 cm³/mol. The van der Waals surface area contributed by atoms with Gasteiger partial charge in [-0.05, 0) is 57.5 Å². The normalized spacial score (nSPS) is 15.7. The fraction of sp³-hybridized carbons (Fsp3) is 0.588. The number of ether oxygens (including phenoxy) is 1. The van der Waals surface area contributed by atoms with E-state index < -0.39 is 0 Å². The minimum Gasteiger partial charge on any atom is -0.494 e. The van der Waals surface area contributed by atoms with Crippen LogP contribution in [0.4, 0.5) is 0 Å². The maximum Gasteiger partial charge on any atom is 0.254 e. The van der Waals surface area contributed by atoms with E-state index >= 15 is 0 Å². The Morgan fingerprint density at radius 3 is 2.76 bits per heavy atom. The summed E-state index contributed by atoms with van der Waals surface area (Å²) in [5, 5.41) is 3.35. The number of amides is 1. The third-order valence-electron chi connectivity index (χ3n) is 3.90. The molecule has 0 bridgehead atoms. The van der Waals surface area contributed by atoms with Crippen molar-refractivity contribution in [1.29, 1.82) is 0 Å². The lowest BCUT2D eigenvalue weighted by atomic mass is 10.0. The van der Waals surface area contributed by atoms with Crippen LogP contribution in [0.5, 0.6) is 5.75 Å². The molecule has 0 aliphatic carbocycles. The maximum absolute atomic E-state index is 12.8. The SMILES string of the molecule is CCCOc1cccc(C(=O)N(CC)C2CCNCC2)c1. The molecule has 4 heteroatoms. The van der Waals surface area contributed by atoms with E-state index in [1.165, 1.54) is 0 Å². The van der Waals surface area contributed by atoms with Crippen molar-refractivity contribution in [2.45, 2.75) is 39.2 Å². The van der Waals surface area contributed by atoms with Gasteiger partial charge in [-0.25, -0.2) is 0 Å². The Balaban J connectivity index is 2.09. The van der Waals surface area contributed by atoms with Crippen LogP contribution in [-0.2, 0) is 0 Å². The van der Waals surface area contributed by atoms with Crippen molar-refractivity contribution in [2.75, 3.05) is 26.2 Å². The number of hydrogen-bond acceptors (Lipinski definition) is 3. The van der Waals surface area contributed by atoms with Crippen molar-refractivity contribution < 1.29 is 9.53 Å². The van der Waals surface area contributed by atoms with E-state index in [2.05, 4.69) is 19.2 Å². The second-order valence-corrected chi connectivity index (χ2v) is 5.45. The zero-order chi connectivity index (χ0) is 15.1. The van der Waals surface area contributed by atoms with Crippen LogP contribution in [-0.4, -0.2) is 43.1 Å². The van der Waals surface area contributed by atoms with Gasteiger partial charge in [0, 0.05) is 18.2 Å². The zero-order valence-electron chi connectivity index (χ0n) is 13.1. The zero-order valence-corrected chi connectivity index (χ0v) is 13.1. The van der Waals surface area contributed by atoms with E-state index in [1.54, 1.807) is 0 Å². The number of carbonyl (C=O) groups is 1. The van der Waals surface area contributed by atoms with Crippen LogP contribution < -0.4 is 10.1 Å². The van der Waals surface area contributed by atoms with Gasteiger partial charge < -0.3 is 15.0 Å². The Kier molecular flexibility index (Phi) is 6.05. The molecule has 1 N–H and O–H groups in total. The standard InChI is InChI=1S/C17H26N2O2/c1-3-12-21-16-7-5-6-14(13-16)17(20)19(4-2)15-8-10-18-11-9-15/h5-7,13,15,18H,3-4,8-12H2,1-2H3. The van der Waals surface area contributed by atoms with Crippen molar-refractivity contribution in [3.05, 3.63) is 29.8 Å². The first-order valence-electron chi connectivity index (χ1n) is 8.00. The molecule has 0 spiro atoms. The van der Waals surface area contributed by atoms with E-state index in [0.29, 0.717) is 12.6 Å². The van der Waals surface area contributed by atoms with Gasteiger partial charge >= 0.3 is 0 Å². The van der Waals surface area contributed by atoms with Gasteiger partial charge in [-0.2, -0.15) is 0 Å². The van der Waals surface area contributed by atoms with Crippen molar-refractivity contribution in [3.8, 4) is 5.75 Å². The third-order valence-corrected chi connectivity index (χ3v) is 3.90. The molecule has 1 aromatic carbocycles. The molecule has 116 valence electrons. The number of hydrogen-bond donors (Lipinski definition) is 1. The first-order chi connectivity index (χ1) is 10.3. The summed E-state index contributed by atoms with van der Waals surface area (Å²) in [7, 11) is 0. The van der Waals surface area contributed by atoms with Crippen LogP contribution in [0, 0.1) is 0 Å². The highest BCUT2D eigenvalue weighted by Crippen LogP contribution is 2.19. The van der Waals surface area contributed by atoms with Gasteiger partial charge in [-0.1, -0.05) is 13.0 Å². The van der Waals surface area contributed by atoms with Crippen molar-refractivity contribution in [1.82, 2.24) is 10.2 Å². The maximum atomic E-state index is 12.8. The molecule has 0 aromatic heterocycles. The van der Waals surface area contributed by atoms with Crippen molar-refractivity contribution >= 4 is 5.91 Å². The van der Waals surface area contributed by atoms with E-state index in [-0.39, 0.29) is 5.91 Å². The van der Waals surface area contributed by atoms with Gasteiger partial charge in [0.05, 0.1) is 6.61 Å². The molecule has 0 radical (unpaired) electrons. The number of rotatable bonds is 6. The van der Waals surface area contributed by atoms with E-state index in [9.17, 15) is 4.79 Å². The molecule has 1 saturated heterocycles. The highest BCUT2D eigenvalue weighted by atomic mass is 16.5. The lowest BCUT2D eigenvalue weighted by Crippen LogP contribution is -2.46. The van der Waals surface area contributed by atoms with Crippen LogP contribution in [0.2, 0.25) is 0 Å². The summed E-state index contributed by atoms with van der Waals surface area (Å²) in [6.45, 7) is 7.55. The van der Waals surface area contributed by atoms with Gasteiger partial charge in [0.25, 0.3) is 5.91 Å². The topological polar surface area (TPSA) is 41.6 Å². The minimum absolute atomic E-state index is 0.117. The first-order valence-corrected chi connectivity index (χ1v) is 8.00. The lowest BCUT2D eigenvalue weighted by molar-refractivity contribution is 0.0655. The number of piperidine rings is 1. The van der Waals surface area contributed by atoms with Gasteiger partial charge in [0.15, 0.2) is 0 Å². The predicted octanol–water partition coefficient (Wildman–Crippen LogP) is 2.69. The highest BCUT2D eigenvalue weighted by Gasteiger charge is 2.24. The quantitative estimate of drug-likeness (QED) is 0.876. The molecule has 0 atom stereocenters. The molecule has 21 heavy (non-hydrogen) atoms. The largest absolute Gasteiger partial charge is 0.494 e. The molecule has 0 unspecified atom stereocenters. The molecule has 1 aliphatic rings. The monoisotopic (exact) mass is 290 g/mol. The van der Waals surface area contributed by atoms with Crippen LogP contribution >= 0.6 is 0 Å². The number of benzene rings is 1. The summed E-state index contributed by atoms with van der Waals surface area (Å²) in [6, 6.07) is 7.90. The summed E-state index contributed by atoms with van der Waals surface area (Å²) >= 11 is 0. The molecule has 1 heterocycles. The summed E-state index contributed by atoms with van der Waals surface area (Å²) < 4.78 is 5.62. The van der Waals surface area contributed by atoms with E-state index in [4.69, 9.17) is 4.74 Å². The van der Waals surface area contributed by atoms with E-state index in [1.807, 2.05) is 29.2 Å². The number of nitrogens with one attached hydrogen (secondary N) is 1. The fourth-order valence-corrected chi connectivity index (χ4v) is 2.79. The molecule has 2 rings (SSSR count). The minimum atomic E-state index is 0.117. The fourth-order valence-electron chi connectivity index (χ4n) is 2.79. The Morgan fingerprint density at radius 1 is 1.33 bits per heavy atom. The van der Waals surface area contributed by atoms with Gasteiger partial charge in [0.1, 0.15) is 5.75 Å². The molecule has 1 aromatic rings. The average Bonchev–Trinajstić information content (AvgIpc) is 2.55. The van der Waals surface area contributed by atoms with Crippen molar-refractivity contribution in [2.24, 2.45) is 0 Å². The van der Waals surface area contributed by atoms with Crippen molar-refractivity contribution in [3.63, 3.8) is 0 Å². The first kappa shape index (κ1) is 15.8. The lowest BCUT2D eigenvalue weighted by Gasteiger charge is -2.34. The second-order valence-electron chi connectivity index (χ2n) is 5.45. The van der Waals surface area contributed by atoms with Crippen LogP contribution in [0.1, 0.15) is 43.5 Å². The Hall–Kier alpha value is -1.55. The Labute approximate surface area is 127 Å². The summed E-state index contributed by atoms with van der Waals surface area (Å²) in [5.41, 5.74) is 0.726. The molecule has 1 amide bonds. The smallest absolute Gasteiger partial charge is 0.254 e. The van der Waals surface area contributed by atoms with E-state index in [0.717, 1.165) is 50.2 Å². The van der Waals surface area contributed by atoms with Crippen LogP contribution in [0.25, 0.3) is 0 Å². The number of carbonyl (C=O) groups excluding carboxylic acids is 1. The van der Waals surface area contributed by atoms with Crippen LogP contribution in [0.15, 0.2) is 24.3 Å².